The SMILES string of the molecule is C=CC(=O)Nc1ccc2ncnc(Nc3ccc(OCc4cccc(F)c4)c(Cl)c3)c2c1.Cc1ccccc1C(=O)O. The molecule has 8 nitrogen and oxygen atoms in total. The lowest BCUT2D eigenvalue weighted by molar-refractivity contribution is -0.111. The van der Waals surface area contributed by atoms with Crippen molar-refractivity contribution in [3.05, 3.63) is 131 Å². The van der Waals surface area contributed by atoms with E-state index >= 15 is 0 Å². The molecule has 3 N–H and O–H groups in total. The number of carbonyl (C=O) groups is 2. The summed E-state index contributed by atoms with van der Waals surface area (Å²) in [5, 5.41) is 15.6. The Morgan fingerprint density at radius 1 is 1.00 bits per heavy atom. The molecule has 0 saturated carbocycles. The third kappa shape index (κ3) is 7.89. The Labute approximate surface area is 246 Å². The quantitative estimate of drug-likeness (QED) is 0.161. The molecule has 0 aliphatic rings. The van der Waals surface area contributed by atoms with Gasteiger partial charge in [0.25, 0.3) is 0 Å². The Morgan fingerprint density at radius 2 is 1.79 bits per heavy atom. The van der Waals surface area contributed by atoms with Gasteiger partial charge in [-0.25, -0.2) is 19.2 Å². The van der Waals surface area contributed by atoms with Gasteiger partial charge >= 0.3 is 5.97 Å². The summed E-state index contributed by atoms with van der Waals surface area (Å²) < 4.78 is 19.0. The molecule has 4 aromatic carbocycles. The Hall–Kier alpha value is -5.28. The summed E-state index contributed by atoms with van der Waals surface area (Å²) >= 11 is 6.38. The number of hydrogen-bond acceptors (Lipinski definition) is 6. The van der Waals surface area contributed by atoms with Gasteiger partial charge in [0.15, 0.2) is 0 Å². The van der Waals surface area contributed by atoms with Crippen molar-refractivity contribution in [2.45, 2.75) is 13.5 Å². The van der Waals surface area contributed by atoms with Crippen LogP contribution in [0.1, 0.15) is 21.5 Å². The lowest BCUT2D eigenvalue weighted by Crippen LogP contribution is -2.07. The van der Waals surface area contributed by atoms with E-state index in [0.717, 1.165) is 10.9 Å². The number of nitrogens with zero attached hydrogens (tertiary/aromatic N) is 2. The van der Waals surface area contributed by atoms with Crippen LogP contribution in [0, 0.1) is 12.7 Å². The van der Waals surface area contributed by atoms with E-state index in [4.69, 9.17) is 21.4 Å². The summed E-state index contributed by atoms with van der Waals surface area (Å²) in [6.07, 6.45) is 2.65. The molecule has 42 heavy (non-hydrogen) atoms. The van der Waals surface area contributed by atoms with Gasteiger partial charge in [0.05, 0.1) is 16.1 Å². The number of amides is 1. The zero-order valence-electron chi connectivity index (χ0n) is 22.5. The number of carboxylic acids is 1. The highest BCUT2D eigenvalue weighted by molar-refractivity contribution is 6.32. The second-order valence-electron chi connectivity index (χ2n) is 8.96. The first-order valence-corrected chi connectivity index (χ1v) is 13.0. The molecule has 0 spiro atoms. The van der Waals surface area contributed by atoms with Crippen molar-refractivity contribution in [2.75, 3.05) is 10.6 Å². The summed E-state index contributed by atoms with van der Waals surface area (Å²) in [5.41, 5.74) is 3.88. The largest absolute Gasteiger partial charge is 0.487 e. The maximum Gasteiger partial charge on any atom is 0.335 e. The number of hydrogen-bond donors (Lipinski definition) is 3. The number of aryl methyl sites for hydroxylation is 1. The Kier molecular flexibility index (Phi) is 9.81. The lowest BCUT2D eigenvalue weighted by Gasteiger charge is -2.12. The van der Waals surface area contributed by atoms with Gasteiger partial charge in [-0.1, -0.05) is 48.5 Å². The van der Waals surface area contributed by atoms with Gasteiger partial charge in [-0.05, 0) is 78.7 Å². The van der Waals surface area contributed by atoms with E-state index in [2.05, 4.69) is 27.2 Å². The first-order valence-electron chi connectivity index (χ1n) is 12.6. The van der Waals surface area contributed by atoms with Crippen molar-refractivity contribution < 1.29 is 23.8 Å². The molecule has 0 saturated heterocycles. The average molecular weight is 585 g/mol. The van der Waals surface area contributed by atoms with Crippen molar-refractivity contribution in [3.8, 4) is 5.75 Å². The van der Waals surface area contributed by atoms with Gasteiger partial charge in [0, 0.05) is 16.8 Å². The van der Waals surface area contributed by atoms with E-state index in [-0.39, 0.29) is 18.3 Å². The summed E-state index contributed by atoms with van der Waals surface area (Å²) in [4.78, 5) is 30.6. The Balaban J connectivity index is 0.000000343. The van der Waals surface area contributed by atoms with Crippen molar-refractivity contribution in [1.82, 2.24) is 9.97 Å². The number of nitrogens with one attached hydrogen (secondary N) is 2. The van der Waals surface area contributed by atoms with Crippen LogP contribution in [-0.4, -0.2) is 27.0 Å². The van der Waals surface area contributed by atoms with E-state index in [0.29, 0.717) is 44.6 Å². The fraction of sp³-hybridized carbons (Fsp3) is 0.0625. The number of rotatable bonds is 8. The van der Waals surface area contributed by atoms with Crippen LogP contribution in [0.4, 0.5) is 21.6 Å². The molecule has 0 fully saturated rings. The Bertz CT molecular complexity index is 1760. The van der Waals surface area contributed by atoms with E-state index in [1.54, 1.807) is 73.7 Å². The lowest BCUT2D eigenvalue weighted by atomic mass is 10.1. The minimum absolute atomic E-state index is 0.194. The van der Waals surface area contributed by atoms with E-state index in [1.807, 2.05) is 6.07 Å². The first-order chi connectivity index (χ1) is 20.2. The van der Waals surface area contributed by atoms with Crippen LogP contribution in [0.2, 0.25) is 5.02 Å². The minimum atomic E-state index is -0.863. The number of carbonyl (C=O) groups excluding carboxylic acids is 1. The second kappa shape index (κ2) is 13.9. The molecular weight excluding hydrogens is 559 g/mol. The molecule has 0 radical (unpaired) electrons. The number of halogens is 2. The molecule has 1 aromatic heterocycles. The van der Waals surface area contributed by atoms with Crippen molar-refractivity contribution in [2.24, 2.45) is 0 Å². The molecular formula is C32H26ClFN4O4. The maximum atomic E-state index is 13.3. The normalized spacial score (nSPS) is 10.3. The molecule has 0 aliphatic heterocycles. The molecule has 0 atom stereocenters. The minimum Gasteiger partial charge on any atom is -0.487 e. The van der Waals surface area contributed by atoms with Crippen LogP contribution < -0.4 is 15.4 Å². The number of aromatic carboxylic acids is 1. The number of aromatic nitrogens is 2. The monoisotopic (exact) mass is 584 g/mol. The number of fused-ring (bicyclic) bond motifs is 1. The fourth-order valence-electron chi connectivity index (χ4n) is 3.86. The van der Waals surface area contributed by atoms with Gasteiger partial charge in [0.1, 0.15) is 30.3 Å². The number of ether oxygens (including phenoxy) is 1. The molecule has 1 heterocycles. The number of carboxylic acid groups (broad SMARTS) is 1. The van der Waals surface area contributed by atoms with Crippen LogP contribution >= 0.6 is 11.6 Å². The van der Waals surface area contributed by atoms with Gasteiger partial charge in [-0.3, -0.25) is 4.79 Å². The molecule has 5 rings (SSSR count). The highest BCUT2D eigenvalue weighted by atomic mass is 35.5. The van der Waals surface area contributed by atoms with Crippen LogP contribution in [0.25, 0.3) is 10.9 Å². The number of benzene rings is 4. The van der Waals surface area contributed by atoms with E-state index < -0.39 is 5.97 Å². The molecule has 10 heteroatoms. The van der Waals surface area contributed by atoms with Crippen molar-refractivity contribution >= 4 is 51.6 Å². The molecule has 0 unspecified atom stereocenters. The maximum absolute atomic E-state index is 13.3. The Morgan fingerprint density at radius 3 is 2.48 bits per heavy atom. The zero-order chi connectivity index (χ0) is 30.1. The van der Waals surface area contributed by atoms with Crippen LogP contribution in [-0.2, 0) is 11.4 Å². The topological polar surface area (TPSA) is 113 Å². The van der Waals surface area contributed by atoms with Crippen molar-refractivity contribution in [1.29, 1.82) is 0 Å². The summed E-state index contributed by atoms with van der Waals surface area (Å²) in [7, 11) is 0. The summed E-state index contributed by atoms with van der Waals surface area (Å²) in [6, 6.07) is 23.7. The highest BCUT2D eigenvalue weighted by Gasteiger charge is 2.09. The predicted octanol–water partition coefficient (Wildman–Crippen LogP) is 7.56. The third-order valence-corrected chi connectivity index (χ3v) is 6.24. The van der Waals surface area contributed by atoms with Crippen molar-refractivity contribution in [3.63, 3.8) is 0 Å². The molecule has 0 aliphatic carbocycles. The van der Waals surface area contributed by atoms with Gasteiger partial charge in [-0.2, -0.15) is 0 Å². The summed E-state index contributed by atoms with van der Waals surface area (Å²) in [6.45, 7) is 5.43. The van der Waals surface area contributed by atoms with Gasteiger partial charge < -0.3 is 20.5 Å². The molecule has 5 aromatic rings. The number of anilines is 3. The molecule has 212 valence electrons. The molecule has 0 bridgehead atoms. The van der Waals surface area contributed by atoms with Gasteiger partial charge in [-0.15, -0.1) is 0 Å². The standard InChI is InChI=1S/C24H18ClFN4O2.C8H8O2/c1-2-23(31)29-17-6-8-21-19(11-17)24(28-14-27-21)30-18-7-9-22(20(25)12-18)32-13-15-4-3-5-16(26)10-15;1-6-4-2-3-5-7(6)8(9)10/h2-12,14H,1,13H2,(H,29,31)(H,27,28,30);2-5H,1H3,(H,9,10). The van der Waals surface area contributed by atoms with Crippen LogP contribution in [0.3, 0.4) is 0 Å². The van der Waals surface area contributed by atoms with E-state index in [9.17, 15) is 14.0 Å². The van der Waals surface area contributed by atoms with E-state index in [1.165, 1.54) is 24.5 Å². The van der Waals surface area contributed by atoms with Crippen LogP contribution in [0.5, 0.6) is 5.75 Å². The highest BCUT2D eigenvalue weighted by Crippen LogP contribution is 2.31. The molecule has 1 amide bonds. The van der Waals surface area contributed by atoms with Crippen LogP contribution in [0.15, 0.2) is 104 Å². The third-order valence-electron chi connectivity index (χ3n) is 5.94. The first kappa shape index (κ1) is 29.7. The zero-order valence-corrected chi connectivity index (χ0v) is 23.2. The fourth-order valence-corrected chi connectivity index (χ4v) is 4.10. The second-order valence-corrected chi connectivity index (χ2v) is 9.36. The predicted molar refractivity (Wildman–Crippen MR) is 162 cm³/mol. The van der Waals surface area contributed by atoms with Gasteiger partial charge in [0.2, 0.25) is 5.91 Å². The summed E-state index contributed by atoms with van der Waals surface area (Å²) in [5.74, 6) is -0.465. The smallest absolute Gasteiger partial charge is 0.335 e. The average Bonchev–Trinajstić information content (AvgIpc) is 2.97.